The van der Waals surface area contributed by atoms with Crippen LogP contribution in [0.3, 0.4) is 0 Å². The first kappa shape index (κ1) is 14.9. The molecule has 0 unspecified atom stereocenters. The molecule has 92 valence electrons. The van der Waals surface area contributed by atoms with Gasteiger partial charge in [0.25, 0.3) is 0 Å². The maximum absolute atomic E-state index is 10.5. The number of allylic oxidation sites excluding steroid dienone is 1. The highest BCUT2D eigenvalue weighted by Gasteiger charge is 2.02. The zero-order chi connectivity index (χ0) is 12.2. The van der Waals surface area contributed by atoms with Crippen molar-refractivity contribution in [2.75, 3.05) is 0 Å². The van der Waals surface area contributed by atoms with E-state index in [-0.39, 0.29) is 0 Å². The molecule has 2 nitrogen and oxygen atoms in total. The summed E-state index contributed by atoms with van der Waals surface area (Å²) in [6, 6.07) is 0. The minimum atomic E-state index is -0.857. The summed E-state index contributed by atoms with van der Waals surface area (Å²) in [4.78, 5) is 10.5. The lowest BCUT2D eigenvalue weighted by Crippen LogP contribution is -1.98. The third kappa shape index (κ3) is 9.50. The Balaban J connectivity index is 3.12. The summed E-state index contributed by atoms with van der Waals surface area (Å²) in [5, 5.41) is 8.60. The Bertz CT molecular complexity index is 219. The van der Waals surface area contributed by atoms with E-state index >= 15 is 0 Å². The molecule has 2 heteroatoms. The number of hydrogen-bond acceptors (Lipinski definition) is 1. The van der Waals surface area contributed by atoms with Gasteiger partial charge in [0.1, 0.15) is 0 Å². The van der Waals surface area contributed by atoms with E-state index in [1.54, 1.807) is 0 Å². The van der Waals surface area contributed by atoms with Crippen LogP contribution in [0.15, 0.2) is 24.8 Å². The minimum Gasteiger partial charge on any atom is -0.478 e. The summed E-state index contributed by atoms with van der Waals surface area (Å²) in [5.41, 5.74) is 0.339. The highest BCUT2D eigenvalue weighted by molar-refractivity contribution is 5.85. The van der Waals surface area contributed by atoms with E-state index in [0.717, 1.165) is 19.3 Å². The Kier molecular flexibility index (Phi) is 9.78. The van der Waals surface area contributed by atoms with Crippen LogP contribution < -0.4 is 0 Å². The molecule has 0 saturated carbocycles. The molecule has 0 radical (unpaired) electrons. The highest BCUT2D eigenvalue weighted by Crippen LogP contribution is 2.12. The molecule has 0 rings (SSSR count). The predicted molar refractivity (Wildman–Crippen MR) is 68.5 cm³/mol. The standard InChI is InChI=1S/C14H24O2/c1-3-4-5-6-7-8-9-10-11-12-13(2)14(15)16/h3H,1-2,4-12H2,(H,15,16). The zero-order valence-corrected chi connectivity index (χ0v) is 10.2. The second kappa shape index (κ2) is 10.5. The van der Waals surface area contributed by atoms with Crippen molar-refractivity contribution in [1.82, 2.24) is 0 Å². The number of hydrogen-bond donors (Lipinski definition) is 1. The Morgan fingerprint density at radius 3 is 2.00 bits per heavy atom. The lowest BCUT2D eigenvalue weighted by atomic mass is 10.0. The van der Waals surface area contributed by atoms with Gasteiger partial charge in [0.05, 0.1) is 0 Å². The summed E-state index contributed by atoms with van der Waals surface area (Å²) >= 11 is 0. The minimum absolute atomic E-state index is 0.339. The molecule has 1 N–H and O–H groups in total. The molecule has 0 saturated heterocycles. The van der Waals surface area contributed by atoms with E-state index < -0.39 is 5.97 Å². The van der Waals surface area contributed by atoms with Crippen LogP contribution in [-0.2, 0) is 4.79 Å². The van der Waals surface area contributed by atoms with Crippen molar-refractivity contribution in [2.24, 2.45) is 0 Å². The van der Waals surface area contributed by atoms with Crippen LogP contribution in [0.5, 0.6) is 0 Å². The first-order chi connectivity index (χ1) is 7.68. The molecule has 0 bridgehead atoms. The van der Waals surface area contributed by atoms with Crippen molar-refractivity contribution < 1.29 is 9.90 Å². The van der Waals surface area contributed by atoms with E-state index in [1.165, 1.54) is 32.1 Å². The lowest BCUT2D eigenvalue weighted by Gasteiger charge is -2.01. The molecule has 0 aliphatic heterocycles. The maximum atomic E-state index is 10.5. The summed E-state index contributed by atoms with van der Waals surface area (Å²) in [5.74, 6) is -0.857. The van der Waals surface area contributed by atoms with Gasteiger partial charge < -0.3 is 5.11 Å². The first-order valence-corrected chi connectivity index (χ1v) is 6.20. The van der Waals surface area contributed by atoms with E-state index in [2.05, 4.69) is 13.2 Å². The molecular formula is C14H24O2. The number of carboxylic acid groups (broad SMARTS) is 1. The monoisotopic (exact) mass is 224 g/mol. The van der Waals surface area contributed by atoms with Gasteiger partial charge in [-0.15, -0.1) is 6.58 Å². The number of unbranched alkanes of at least 4 members (excludes halogenated alkanes) is 7. The summed E-state index contributed by atoms with van der Waals surface area (Å²) in [7, 11) is 0. The second-order valence-electron chi connectivity index (χ2n) is 4.21. The number of carboxylic acids is 1. The Hall–Kier alpha value is -1.05. The number of aliphatic carboxylic acids is 1. The highest BCUT2D eigenvalue weighted by atomic mass is 16.4. The Morgan fingerprint density at radius 1 is 1.00 bits per heavy atom. The smallest absolute Gasteiger partial charge is 0.330 e. The molecule has 0 amide bonds. The number of rotatable bonds is 11. The van der Waals surface area contributed by atoms with Crippen LogP contribution in [0, 0.1) is 0 Å². The van der Waals surface area contributed by atoms with Gasteiger partial charge in [-0.1, -0.05) is 44.8 Å². The fraction of sp³-hybridized carbons (Fsp3) is 0.643. The summed E-state index contributed by atoms with van der Waals surface area (Å²) < 4.78 is 0. The molecule has 0 aromatic rings. The van der Waals surface area contributed by atoms with E-state index in [4.69, 9.17) is 5.11 Å². The second-order valence-corrected chi connectivity index (χ2v) is 4.21. The van der Waals surface area contributed by atoms with Gasteiger partial charge in [0.15, 0.2) is 0 Å². The summed E-state index contributed by atoms with van der Waals surface area (Å²) in [6.45, 7) is 7.21. The quantitative estimate of drug-likeness (QED) is 0.322. The predicted octanol–water partition coefficient (Wildman–Crippen LogP) is 4.32. The van der Waals surface area contributed by atoms with Crippen molar-refractivity contribution in [2.45, 2.75) is 57.8 Å². The van der Waals surface area contributed by atoms with Gasteiger partial charge in [-0.05, 0) is 25.7 Å². The molecule has 16 heavy (non-hydrogen) atoms. The molecule has 0 aromatic carbocycles. The van der Waals surface area contributed by atoms with Crippen LogP contribution in [0.4, 0.5) is 0 Å². The SMILES string of the molecule is C=CCCCCCCCCCC(=C)C(=O)O. The largest absolute Gasteiger partial charge is 0.478 e. The molecule has 0 heterocycles. The Morgan fingerprint density at radius 2 is 1.50 bits per heavy atom. The fourth-order valence-electron chi connectivity index (χ4n) is 1.62. The average molecular weight is 224 g/mol. The van der Waals surface area contributed by atoms with Crippen LogP contribution >= 0.6 is 0 Å². The lowest BCUT2D eigenvalue weighted by molar-refractivity contribution is -0.132. The van der Waals surface area contributed by atoms with Gasteiger partial charge in [-0.3, -0.25) is 0 Å². The van der Waals surface area contributed by atoms with E-state index in [9.17, 15) is 4.79 Å². The molecule has 0 atom stereocenters. The molecule has 0 fully saturated rings. The van der Waals surface area contributed by atoms with Crippen LogP contribution in [0.2, 0.25) is 0 Å². The topological polar surface area (TPSA) is 37.3 Å². The van der Waals surface area contributed by atoms with Gasteiger partial charge >= 0.3 is 5.97 Å². The van der Waals surface area contributed by atoms with Crippen LogP contribution in [0.25, 0.3) is 0 Å². The van der Waals surface area contributed by atoms with Crippen molar-refractivity contribution in [3.05, 3.63) is 24.8 Å². The molecule has 0 aliphatic rings. The molecule has 0 aromatic heterocycles. The van der Waals surface area contributed by atoms with Gasteiger partial charge in [0.2, 0.25) is 0 Å². The maximum Gasteiger partial charge on any atom is 0.330 e. The average Bonchev–Trinajstić information content (AvgIpc) is 2.26. The first-order valence-electron chi connectivity index (χ1n) is 6.20. The van der Waals surface area contributed by atoms with Crippen molar-refractivity contribution >= 4 is 5.97 Å². The molecule has 0 spiro atoms. The number of carbonyl (C=O) groups is 1. The normalized spacial score (nSPS) is 10.0. The third-order valence-corrected chi connectivity index (χ3v) is 2.69. The van der Waals surface area contributed by atoms with Crippen LogP contribution in [0.1, 0.15) is 57.8 Å². The summed E-state index contributed by atoms with van der Waals surface area (Å²) in [6.07, 6.45) is 12.1. The van der Waals surface area contributed by atoms with Gasteiger partial charge in [-0.25, -0.2) is 4.79 Å². The van der Waals surface area contributed by atoms with Crippen molar-refractivity contribution in [3.63, 3.8) is 0 Å². The van der Waals surface area contributed by atoms with E-state index in [0.29, 0.717) is 12.0 Å². The van der Waals surface area contributed by atoms with Gasteiger partial charge in [0, 0.05) is 5.57 Å². The third-order valence-electron chi connectivity index (χ3n) is 2.69. The van der Waals surface area contributed by atoms with Gasteiger partial charge in [-0.2, -0.15) is 0 Å². The molecule has 0 aliphatic carbocycles. The van der Waals surface area contributed by atoms with E-state index in [1.807, 2.05) is 6.08 Å². The van der Waals surface area contributed by atoms with Crippen LogP contribution in [-0.4, -0.2) is 11.1 Å². The fourth-order valence-corrected chi connectivity index (χ4v) is 1.62. The van der Waals surface area contributed by atoms with Crippen molar-refractivity contribution in [3.8, 4) is 0 Å². The zero-order valence-electron chi connectivity index (χ0n) is 10.2. The van der Waals surface area contributed by atoms with Crippen molar-refractivity contribution in [1.29, 1.82) is 0 Å². The Labute approximate surface area is 99.1 Å². The molecular weight excluding hydrogens is 200 g/mol.